The van der Waals surface area contributed by atoms with Crippen LogP contribution in [0.3, 0.4) is 0 Å². The minimum atomic E-state index is -3.56. The van der Waals surface area contributed by atoms with Crippen molar-refractivity contribution < 1.29 is 13.2 Å². The Morgan fingerprint density at radius 3 is 2.64 bits per heavy atom. The Labute approximate surface area is 131 Å². The highest BCUT2D eigenvalue weighted by Gasteiger charge is 2.29. The number of nitrogens with zero attached hydrogens (tertiary/aromatic N) is 3. The molecule has 1 aromatic rings. The monoisotopic (exact) mass is 326 g/mol. The van der Waals surface area contributed by atoms with Gasteiger partial charge in [0.1, 0.15) is 5.82 Å². The maximum Gasteiger partial charge on any atom is 0.237 e. The van der Waals surface area contributed by atoms with E-state index in [2.05, 4.69) is 19.6 Å². The molecule has 1 fully saturated rings. The van der Waals surface area contributed by atoms with Crippen LogP contribution in [-0.2, 0) is 14.8 Å². The molecule has 1 amide bonds. The standard InChI is InChI=1S/C14H22N4O3S/c1-3-11(2)22(20,21)17-14(19)12-4-8-18(9-5-12)13-10-15-6-7-16-13/h6-7,10-12H,3-5,8-9H2,1-2H3,(H,17,19)/t11-/m1/s1. The second-order valence-electron chi connectivity index (χ2n) is 5.56. The third kappa shape index (κ3) is 3.94. The number of nitrogens with one attached hydrogen (secondary N) is 1. The second-order valence-corrected chi connectivity index (χ2v) is 7.65. The Morgan fingerprint density at radius 2 is 2.09 bits per heavy atom. The van der Waals surface area contributed by atoms with Crippen molar-refractivity contribution in [2.24, 2.45) is 5.92 Å². The molecule has 1 saturated heterocycles. The van der Waals surface area contributed by atoms with Crippen LogP contribution >= 0.6 is 0 Å². The molecule has 0 bridgehead atoms. The van der Waals surface area contributed by atoms with E-state index in [0.717, 1.165) is 5.82 Å². The molecule has 0 saturated carbocycles. The molecule has 1 atom stereocenters. The van der Waals surface area contributed by atoms with Crippen molar-refractivity contribution in [1.82, 2.24) is 14.7 Å². The van der Waals surface area contributed by atoms with Gasteiger partial charge in [0.2, 0.25) is 15.9 Å². The number of aromatic nitrogens is 2. The quantitative estimate of drug-likeness (QED) is 0.865. The zero-order chi connectivity index (χ0) is 16.2. The van der Waals surface area contributed by atoms with Gasteiger partial charge in [0, 0.05) is 31.4 Å². The number of hydrogen-bond donors (Lipinski definition) is 1. The number of carbonyl (C=O) groups is 1. The molecule has 0 aromatic carbocycles. The van der Waals surface area contributed by atoms with Gasteiger partial charge >= 0.3 is 0 Å². The molecule has 0 unspecified atom stereocenters. The smallest absolute Gasteiger partial charge is 0.237 e. The Hall–Kier alpha value is -1.70. The second kappa shape index (κ2) is 7.04. The van der Waals surface area contributed by atoms with E-state index >= 15 is 0 Å². The average Bonchev–Trinajstić information content (AvgIpc) is 2.54. The van der Waals surface area contributed by atoms with E-state index in [1.165, 1.54) is 0 Å². The van der Waals surface area contributed by atoms with Crippen LogP contribution in [-0.4, -0.2) is 42.6 Å². The molecule has 1 aliphatic rings. The fraction of sp³-hybridized carbons (Fsp3) is 0.643. The SMILES string of the molecule is CC[C@@H](C)S(=O)(=O)NC(=O)C1CCN(c2cnccn2)CC1. The van der Waals surface area contributed by atoms with Crippen molar-refractivity contribution in [3.05, 3.63) is 18.6 Å². The van der Waals surface area contributed by atoms with Gasteiger partial charge in [-0.05, 0) is 26.2 Å². The number of anilines is 1. The summed E-state index contributed by atoms with van der Waals surface area (Å²) in [5, 5.41) is -0.559. The van der Waals surface area contributed by atoms with Crippen molar-refractivity contribution in [3.8, 4) is 0 Å². The number of rotatable bonds is 5. The topological polar surface area (TPSA) is 92.3 Å². The molecule has 122 valence electrons. The van der Waals surface area contributed by atoms with Crippen LogP contribution in [0, 0.1) is 5.92 Å². The maximum absolute atomic E-state index is 12.1. The summed E-state index contributed by atoms with van der Waals surface area (Å²) in [5.41, 5.74) is 0. The van der Waals surface area contributed by atoms with E-state index in [1.54, 1.807) is 32.4 Å². The maximum atomic E-state index is 12.1. The van der Waals surface area contributed by atoms with E-state index in [1.807, 2.05) is 0 Å². The van der Waals surface area contributed by atoms with E-state index < -0.39 is 15.3 Å². The predicted molar refractivity (Wildman–Crippen MR) is 83.8 cm³/mol. The lowest BCUT2D eigenvalue weighted by atomic mass is 9.96. The summed E-state index contributed by atoms with van der Waals surface area (Å²) in [6.07, 6.45) is 6.63. The van der Waals surface area contributed by atoms with Gasteiger partial charge in [0.25, 0.3) is 0 Å². The largest absolute Gasteiger partial charge is 0.355 e. The Balaban J connectivity index is 1.90. The number of sulfonamides is 1. The van der Waals surface area contributed by atoms with Gasteiger partial charge in [-0.15, -0.1) is 0 Å². The van der Waals surface area contributed by atoms with Crippen molar-refractivity contribution in [2.75, 3.05) is 18.0 Å². The van der Waals surface area contributed by atoms with Crippen LogP contribution in [0.1, 0.15) is 33.1 Å². The first-order valence-electron chi connectivity index (χ1n) is 7.50. The van der Waals surface area contributed by atoms with Gasteiger partial charge in [-0.25, -0.2) is 13.4 Å². The lowest BCUT2D eigenvalue weighted by molar-refractivity contribution is -0.123. The molecule has 1 aromatic heterocycles. The summed E-state index contributed by atoms with van der Waals surface area (Å²) >= 11 is 0. The summed E-state index contributed by atoms with van der Waals surface area (Å²) in [6, 6.07) is 0. The minimum absolute atomic E-state index is 0.272. The van der Waals surface area contributed by atoms with Crippen molar-refractivity contribution >= 4 is 21.7 Å². The van der Waals surface area contributed by atoms with E-state index in [0.29, 0.717) is 32.4 Å². The molecule has 8 heteroatoms. The fourth-order valence-corrected chi connectivity index (χ4v) is 3.46. The molecule has 0 radical (unpaired) electrons. The molecule has 1 aliphatic heterocycles. The first-order chi connectivity index (χ1) is 10.4. The molecular formula is C14H22N4O3S. The molecule has 7 nitrogen and oxygen atoms in total. The van der Waals surface area contributed by atoms with E-state index in [9.17, 15) is 13.2 Å². The summed E-state index contributed by atoms with van der Waals surface area (Å²) < 4.78 is 26.1. The molecule has 1 N–H and O–H groups in total. The fourth-order valence-electron chi connectivity index (χ4n) is 2.37. The Kier molecular flexibility index (Phi) is 5.33. The first kappa shape index (κ1) is 16.7. The van der Waals surface area contributed by atoms with Crippen LogP contribution < -0.4 is 9.62 Å². The van der Waals surface area contributed by atoms with Crippen LogP contribution in [0.25, 0.3) is 0 Å². The van der Waals surface area contributed by atoms with Gasteiger partial charge in [-0.3, -0.25) is 14.5 Å². The third-order valence-electron chi connectivity index (χ3n) is 4.09. The van der Waals surface area contributed by atoms with Gasteiger partial charge < -0.3 is 4.90 Å². The molecular weight excluding hydrogens is 304 g/mol. The van der Waals surface area contributed by atoms with Crippen LogP contribution in [0.15, 0.2) is 18.6 Å². The normalized spacial score (nSPS) is 18.0. The lowest BCUT2D eigenvalue weighted by Gasteiger charge is -2.31. The Bertz CT molecular complexity index is 598. The predicted octanol–water partition coefficient (Wildman–Crippen LogP) is 0.937. The lowest BCUT2D eigenvalue weighted by Crippen LogP contribution is -2.44. The van der Waals surface area contributed by atoms with E-state index in [-0.39, 0.29) is 11.8 Å². The zero-order valence-corrected chi connectivity index (χ0v) is 13.7. The molecule has 2 rings (SSSR count). The van der Waals surface area contributed by atoms with Gasteiger partial charge in [0.05, 0.1) is 11.4 Å². The molecule has 0 spiro atoms. The number of amides is 1. The Morgan fingerprint density at radius 1 is 1.41 bits per heavy atom. The van der Waals surface area contributed by atoms with Crippen LogP contribution in [0.2, 0.25) is 0 Å². The highest BCUT2D eigenvalue weighted by molar-refractivity contribution is 7.90. The summed E-state index contributed by atoms with van der Waals surface area (Å²) in [5.74, 6) is 0.124. The minimum Gasteiger partial charge on any atom is -0.355 e. The van der Waals surface area contributed by atoms with Crippen LogP contribution in [0.5, 0.6) is 0 Å². The number of piperidine rings is 1. The van der Waals surface area contributed by atoms with Crippen molar-refractivity contribution in [1.29, 1.82) is 0 Å². The zero-order valence-electron chi connectivity index (χ0n) is 12.9. The average molecular weight is 326 g/mol. The van der Waals surface area contributed by atoms with E-state index in [4.69, 9.17) is 0 Å². The summed E-state index contributed by atoms with van der Waals surface area (Å²) in [7, 11) is -3.56. The highest BCUT2D eigenvalue weighted by atomic mass is 32.2. The van der Waals surface area contributed by atoms with Crippen LogP contribution in [0.4, 0.5) is 5.82 Å². The van der Waals surface area contributed by atoms with Gasteiger partial charge in [-0.2, -0.15) is 0 Å². The number of hydrogen-bond acceptors (Lipinski definition) is 6. The summed E-state index contributed by atoms with van der Waals surface area (Å²) in [6.45, 7) is 4.72. The molecule has 2 heterocycles. The third-order valence-corrected chi connectivity index (χ3v) is 5.97. The molecule has 0 aliphatic carbocycles. The molecule has 22 heavy (non-hydrogen) atoms. The van der Waals surface area contributed by atoms with Gasteiger partial charge in [0.15, 0.2) is 0 Å². The van der Waals surface area contributed by atoms with Crippen molar-refractivity contribution in [3.63, 3.8) is 0 Å². The first-order valence-corrected chi connectivity index (χ1v) is 9.05. The van der Waals surface area contributed by atoms with Crippen molar-refractivity contribution in [2.45, 2.75) is 38.4 Å². The highest BCUT2D eigenvalue weighted by Crippen LogP contribution is 2.21. The van der Waals surface area contributed by atoms with Gasteiger partial charge in [-0.1, -0.05) is 6.92 Å². The number of carbonyl (C=O) groups excluding carboxylic acids is 1. The summed E-state index contributed by atoms with van der Waals surface area (Å²) in [4.78, 5) is 22.5.